The first kappa shape index (κ1) is 18.0. The molecule has 6 nitrogen and oxygen atoms in total. The lowest BCUT2D eigenvalue weighted by molar-refractivity contribution is 0.0703. The van der Waals surface area contributed by atoms with Gasteiger partial charge in [0.15, 0.2) is 0 Å². The van der Waals surface area contributed by atoms with Gasteiger partial charge in [0.05, 0.1) is 30.4 Å². The number of carboxylic acids is 1. The van der Waals surface area contributed by atoms with Crippen molar-refractivity contribution < 1.29 is 15.0 Å². The fraction of sp³-hybridized carbons (Fsp3) is 0.211. The van der Waals surface area contributed by atoms with Crippen LogP contribution in [0.25, 0.3) is 21.5 Å². The van der Waals surface area contributed by atoms with Crippen LogP contribution >= 0.6 is 11.3 Å². The molecule has 0 bridgehead atoms. The van der Waals surface area contributed by atoms with Crippen molar-refractivity contribution in [1.82, 2.24) is 4.98 Å². The van der Waals surface area contributed by atoms with E-state index in [9.17, 15) is 9.90 Å². The second kappa shape index (κ2) is 7.63. The third-order valence-corrected chi connectivity index (χ3v) is 4.95. The average Bonchev–Trinajstić information content (AvgIpc) is 3.00. The van der Waals surface area contributed by atoms with E-state index in [1.165, 1.54) is 0 Å². The van der Waals surface area contributed by atoms with Crippen molar-refractivity contribution in [3.63, 3.8) is 0 Å². The summed E-state index contributed by atoms with van der Waals surface area (Å²) in [5, 5.41) is 22.4. The van der Waals surface area contributed by atoms with E-state index in [0.29, 0.717) is 16.4 Å². The van der Waals surface area contributed by atoms with Gasteiger partial charge in [0.1, 0.15) is 9.71 Å². The molecule has 0 spiro atoms. The van der Waals surface area contributed by atoms with Crippen LogP contribution in [0.5, 0.6) is 0 Å². The Morgan fingerprint density at radius 2 is 2.04 bits per heavy atom. The highest BCUT2D eigenvalue weighted by Gasteiger charge is 2.21. The van der Waals surface area contributed by atoms with Crippen LogP contribution in [-0.2, 0) is 0 Å². The summed E-state index contributed by atoms with van der Waals surface area (Å²) in [6.07, 6.45) is 0. The van der Waals surface area contributed by atoms with Gasteiger partial charge in [-0.25, -0.2) is 9.78 Å². The number of hydrogen-bond donors (Lipinski definition) is 3. The summed E-state index contributed by atoms with van der Waals surface area (Å²) in [7, 11) is 0. The van der Waals surface area contributed by atoms with Crippen molar-refractivity contribution >= 4 is 39.0 Å². The average molecular weight is 369 g/mol. The lowest BCUT2D eigenvalue weighted by atomic mass is 10.1. The molecule has 0 atom stereocenters. The molecule has 134 valence electrons. The number of aliphatic hydroxyl groups excluding tert-OH is 1. The van der Waals surface area contributed by atoms with Gasteiger partial charge in [-0.1, -0.05) is 30.3 Å². The summed E-state index contributed by atoms with van der Waals surface area (Å²) in [6.45, 7) is 3.89. The molecule has 1 aromatic carbocycles. The van der Waals surface area contributed by atoms with Gasteiger partial charge in [0.25, 0.3) is 0 Å². The molecule has 0 aliphatic heterocycles. The van der Waals surface area contributed by atoms with E-state index < -0.39 is 5.97 Å². The van der Waals surface area contributed by atoms with Gasteiger partial charge < -0.3 is 15.5 Å². The Morgan fingerprint density at radius 3 is 2.69 bits per heavy atom. The first-order valence-corrected chi connectivity index (χ1v) is 8.94. The van der Waals surface area contributed by atoms with Crippen LogP contribution in [0.15, 0.2) is 41.4 Å². The maximum absolute atomic E-state index is 11.7. The molecule has 0 unspecified atom stereocenters. The van der Waals surface area contributed by atoms with Crippen molar-refractivity contribution in [2.24, 2.45) is 4.99 Å². The summed E-state index contributed by atoms with van der Waals surface area (Å²) in [4.78, 5) is 21.4. The minimum Gasteiger partial charge on any atom is -0.477 e. The van der Waals surface area contributed by atoms with E-state index in [4.69, 9.17) is 5.11 Å². The van der Waals surface area contributed by atoms with Crippen LogP contribution in [0.3, 0.4) is 0 Å². The molecular formula is C19H19N3O3S. The highest BCUT2D eigenvalue weighted by atomic mass is 32.1. The fourth-order valence-corrected chi connectivity index (χ4v) is 3.79. The normalized spacial score (nSPS) is 11.7. The number of nitrogens with one attached hydrogen (secondary N) is 1. The van der Waals surface area contributed by atoms with Gasteiger partial charge >= 0.3 is 5.97 Å². The van der Waals surface area contributed by atoms with Crippen molar-refractivity contribution in [2.75, 3.05) is 18.5 Å². The second-order valence-corrected chi connectivity index (χ2v) is 6.80. The number of carbonyl (C=O) groups is 1. The number of aliphatic hydroxyl groups is 1. The number of rotatable bonds is 5. The van der Waals surface area contributed by atoms with Crippen LogP contribution in [-0.4, -0.2) is 40.2 Å². The zero-order valence-electron chi connectivity index (χ0n) is 14.5. The molecule has 0 saturated heterocycles. The molecule has 26 heavy (non-hydrogen) atoms. The van der Waals surface area contributed by atoms with Gasteiger partial charge in [-0.15, -0.1) is 11.3 Å². The number of fused-ring (bicyclic) bond motifs is 1. The van der Waals surface area contributed by atoms with E-state index in [-0.39, 0.29) is 18.0 Å². The van der Waals surface area contributed by atoms with Crippen LogP contribution < -0.4 is 5.32 Å². The molecule has 3 aromatic rings. The Bertz CT molecular complexity index is 981. The zero-order chi connectivity index (χ0) is 18.7. The minimum absolute atomic E-state index is 0.0593. The Hall–Kier alpha value is -2.77. The third-order valence-electron chi connectivity index (χ3n) is 3.88. The Labute approximate surface area is 154 Å². The molecule has 0 fully saturated rings. The van der Waals surface area contributed by atoms with E-state index in [0.717, 1.165) is 33.5 Å². The SMILES string of the molecule is CC(=NCCO)Nc1c(C(=O)O)sc2nc(-c3ccccc3)cc(C)c12. The number of hydrogen-bond acceptors (Lipinski definition) is 5. The number of amidine groups is 1. The summed E-state index contributed by atoms with van der Waals surface area (Å²) in [6, 6.07) is 11.7. The molecular weight excluding hydrogens is 350 g/mol. The highest BCUT2D eigenvalue weighted by Crippen LogP contribution is 2.38. The first-order chi connectivity index (χ1) is 12.5. The van der Waals surface area contributed by atoms with Gasteiger partial charge in [-0.3, -0.25) is 4.99 Å². The molecule has 0 aliphatic rings. The standard InChI is InChI=1S/C19H19N3O3S/c1-11-10-14(13-6-4-3-5-7-13)22-18-15(11)16(17(26-18)19(24)25)21-12(2)20-8-9-23/h3-7,10,23H,8-9H2,1-2H3,(H,20,21)(H,24,25). The van der Waals surface area contributed by atoms with Crippen molar-refractivity contribution in [2.45, 2.75) is 13.8 Å². The summed E-state index contributed by atoms with van der Waals surface area (Å²) < 4.78 is 0. The number of anilines is 1. The van der Waals surface area contributed by atoms with Gasteiger partial charge in [0.2, 0.25) is 0 Å². The van der Waals surface area contributed by atoms with Crippen LogP contribution in [0.2, 0.25) is 0 Å². The molecule has 0 saturated carbocycles. The number of thiophene rings is 1. The predicted octanol–water partition coefficient (Wildman–Crippen LogP) is 3.79. The number of pyridine rings is 1. The Balaban J connectivity index is 2.15. The van der Waals surface area contributed by atoms with Crippen LogP contribution in [0.1, 0.15) is 22.2 Å². The predicted molar refractivity (Wildman–Crippen MR) is 105 cm³/mol. The zero-order valence-corrected chi connectivity index (χ0v) is 15.3. The van der Waals surface area contributed by atoms with Crippen molar-refractivity contribution in [3.8, 4) is 11.3 Å². The van der Waals surface area contributed by atoms with E-state index in [1.807, 2.05) is 43.3 Å². The van der Waals surface area contributed by atoms with Crippen LogP contribution in [0, 0.1) is 6.92 Å². The second-order valence-electron chi connectivity index (χ2n) is 5.80. The number of carboxylic acid groups (broad SMARTS) is 1. The summed E-state index contributed by atoms with van der Waals surface area (Å²) in [5.74, 6) is -0.459. The topological polar surface area (TPSA) is 94.8 Å². The molecule has 0 amide bonds. The minimum atomic E-state index is -1.01. The quantitative estimate of drug-likeness (QED) is 0.470. The summed E-state index contributed by atoms with van der Waals surface area (Å²) >= 11 is 1.14. The smallest absolute Gasteiger partial charge is 0.348 e. The third kappa shape index (κ3) is 3.58. The van der Waals surface area contributed by atoms with Gasteiger partial charge in [-0.05, 0) is 25.5 Å². The maximum Gasteiger partial charge on any atom is 0.348 e. The number of aryl methyl sites for hydroxylation is 1. The van der Waals surface area contributed by atoms with E-state index in [2.05, 4.69) is 15.3 Å². The monoisotopic (exact) mass is 369 g/mol. The molecule has 3 N–H and O–H groups in total. The molecule has 3 rings (SSSR count). The Kier molecular flexibility index (Phi) is 5.29. The number of aromatic carboxylic acids is 1. The van der Waals surface area contributed by atoms with Gasteiger partial charge in [0, 0.05) is 10.9 Å². The molecule has 0 aliphatic carbocycles. The molecule has 7 heteroatoms. The molecule has 2 heterocycles. The highest BCUT2D eigenvalue weighted by molar-refractivity contribution is 7.21. The van der Waals surface area contributed by atoms with Crippen molar-refractivity contribution in [1.29, 1.82) is 0 Å². The molecule has 2 aromatic heterocycles. The number of nitrogens with zero attached hydrogens (tertiary/aromatic N) is 2. The first-order valence-electron chi connectivity index (χ1n) is 8.13. The largest absolute Gasteiger partial charge is 0.477 e. The van der Waals surface area contributed by atoms with E-state index in [1.54, 1.807) is 6.92 Å². The number of aliphatic imine (C=N–C) groups is 1. The van der Waals surface area contributed by atoms with E-state index >= 15 is 0 Å². The number of benzene rings is 1. The fourth-order valence-electron chi connectivity index (χ4n) is 2.75. The maximum atomic E-state index is 11.7. The lowest BCUT2D eigenvalue weighted by Gasteiger charge is -2.09. The van der Waals surface area contributed by atoms with Crippen LogP contribution in [0.4, 0.5) is 5.69 Å². The number of aromatic nitrogens is 1. The summed E-state index contributed by atoms with van der Waals surface area (Å²) in [5.41, 5.74) is 3.24. The Morgan fingerprint density at radius 1 is 1.31 bits per heavy atom. The molecule has 0 radical (unpaired) electrons. The van der Waals surface area contributed by atoms with Gasteiger partial charge in [-0.2, -0.15) is 0 Å². The van der Waals surface area contributed by atoms with Crippen molar-refractivity contribution in [3.05, 3.63) is 46.8 Å². The lowest BCUT2D eigenvalue weighted by Crippen LogP contribution is -2.11.